The maximum atomic E-state index is 12.1. The molecule has 0 aliphatic heterocycles. The third-order valence-electron chi connectivity index (χ3n) is 4.65. The van der Waals surface area contributed by atoms with Gasteiger partial charge in [-0.1, -0.05) is 44.2 Å². The lowest BCUT2D eigenvalue weighted by atomic mass is 10.0. The molecule has 0 saturated heterocycles. The maximum absolute atomic E-state index is 12.1. The highest BCUT2D eigenvalue weighted by molar-refractivity contribution is 7.89. The van der Waals surface area contributed by atoms with Crippen molar-refractivity contribution in [2.45, 2.75) is 50.8 Å². The molecule has 0 aliphatic carbocycles. The van der Waals surface area contributed by atoms with Gasteiger partial charge in [0.05, 0.1) is 11.4 Å². The molecule has 1 amide bonds. The van der Waals surface area contributed by atoms with Crippen LogP contribution in [0.3, 0.4) is 0 Å². The first-order valence-corrected chi connectivity index (χ1v) is 11.8. The van der Waals surface area contributed by atoms with Crippen LogP contribution in [0.1, 0.15) is 50.2 Å². The molecule has 2 rings (SSSR count). The second-order valence-corrected chi connectivity index (χ2v) is 9.33. The minimum atomic E-state index is -3.48. The van der Waals surface area contributed by atoms with Gasteiger partial charge < -0.3 is 10.1 Å². The van der Waals surface area contributed by atoms with Gasteiger partial charge in [-0.25, -0.2) is 13.1 Å². The summed E-state index contributed by atoms with van der Waals surface area (Å²) in [5.74, 6) is 1.18. The molecule has 0 fully saturated rings. The standard InChI is InChI=1S/C23H32N2O4S/c1-18(2)21-13-12-19(3)17-22(21)29-16-15-24-23(26)11-7-8-14-25-30(27,28)20-9-5-4-6-10-20/h4-6,9-10,12-13,17-18,25H,7-8,11,14-16H2,1-3H3,(H,24,26). The van der Waals surface area contributed by atoms with Crippen molar-refractivity contribution in [2.75, 3.05) is 19.7 Å². The number of carbonyl (C=O) groups excluding carboxylic acids is 1. The summed E-state index contributed by atoms with van der Waals surface area (Å²) in [6.45, 7) is 7.42. The SMILES string of the molecule is Cc1ccc(C(C)C)c(OCCNC(=O)CCCCNS(=O)(=O)c2ccccc2)c1. The number of unbranched alkanes of at least 4 members (excludes halogenated alkanes) is 1. The van der Waals surface area contributed by atoms with E-state index in [9.17, 15) is 13.2 Å². The van der Waals surface area contributed by atoms with E-state index < -0.39 is 10.0 Å². The third-order valence-corrected chi connectivity index (χ3v) is 6.13. The van der Waals surface area contributed by atoms with Gasteiger partial charge in [0.1, 0.15) is 12.4 Å². The monoisotopic (exact) mass is 432 g/mol. The molecule has 0 saturated carbocycles. The molecule has 2 aromatic rings. The predicted molar refractivity (Wildman–Crippen MR) is 119 cm³/mol. The average Bonchev–Trinajstić information content (AvgIpc) is 2.71. The smallest absolute Gasteiger partial charge is 0.240 e. The van der Waals surface area contributed by atoms with Gasteiger partial charge in [0.15, 0.2) is 0 Å². The van der Waals surface area contributed by atoms with E-state index in [0.717, 1.165) is 16.9 Å². The van der Waals surface area contributed by atoms with Crippen LogP contribution >= 0.6 is 0 Å². The van der Waals surface area contributed by atoms with Crippen molar-refractivity contribution in [1.82, 2.24) is 10.0 Å². The Kier molecular flexibility index (Phi) is 9.33. The van der Waals surface area contributed by atoms with Crippen molar-refractivity contribution in [3.05, 3.63) is 59.7 Å². The lowest BCUT2D eigenvalue weighted by Crippen LogP contribution is -2.28. The number of aryl methyl sites for hydroxylation is 1. The second kappa shape index (κ2) is 11.7. The summed E-state index contributed by atoms with van der Waals surface area (Å²) < 4.78 is 32.6. The number of rotatable bonds is 12. The molecule has 164 valence electrons. The van der Waals surface area contributed by atoms with E-state index >= 15 is 0 Å². The molecule has 2 aromatic carbocycles. The summed E-state index contributed by atoms with van der Waals surface area (Å²) in [5, 5.41) is 2.85. The van der Waals surface area contributed by atoms with Crippen molar-refractivity contribution in [1.29, 1.82) is 0 Å². The molecule has 0 atom stereocenters. The van der Waals surface area contributed by atoms with E-state index in [0.29, 0.717) is 44.9 Å². The number of hydrogen-bond donors (Lipinski definition) is 2. The van der Waals surface area contributed by atoms with Crippen LogP contribution in [0, 0.1) is 6.92 Å². The van der Waals surface area contributed by atoms with E-state index in [1.807, 2.05) is 13.0 Å². The molecular formula is C23H32N2O4S. The lowest BCUT2D eigenvalue weighted by molar-refractivity contribution is -0.121. The normalized spacial score (nSPS) is 11.5. The van der Waals surface area contributed by atoms with E-state index in [1.165, 1.54) is 0 Å². The van der Waals surface area contributed by atoms with Crippen LogP contribution in [-0.4, -0.2) is 34.0 Å². The number of amides is 1. The summed E-state index contributed by atoms with van der Waals surface area (Å²) in [6, 6.07) is 14.4. The van der Waals surface area contributed by atoms with Crippen LogP contribution in [0.5, 0.6) is 5.75 Å². The zero-order valence-electron chi connectivity index (χ0n) is 18.0. The van der Waals surface area contributed by atoms with Gasteiger partial charge >= 0.3 is 0 Å². The second-order valence-electron chi connectivity index (χ2n) is 7.56. The lowest BCUT2D eigenvalue weighted by Gasteiger charge is -2.15. The molecule has 0 heterocycles. The molecule has 0 unspecified atom stereocenters. The van der Waals surface area contributed by atoms with Gasteiger partial charge in [-0.3, -0.25) is 4.79 Å². The van der Waals surface area contributed by atoms with Crippen LogP contribution in [0.2, 0.25) is 0 Å². The highest BCUT2D eigenvalue weighted by Crippen LogP contribution is 2.27. The van der Waals surface area contributed by atoms with Crippen LogP contribution in [-0.2, 0) is 14.8 Å². The molecule has 0 spiro atoms. The zero-order chi connectivity index (χ0) is 22.0. The Morgan fingerprint density at radius 1 is 1.03 bits per heavy atom. The number of sulfonamides is 1. The number of carbonyl (C=O) groups is 1. The average molecular weight is 433 g/mol. The third kappa shape index (κ3) is 7.80. The van der Waals surface area contributed by atoms with Gasteiger partial charge in [0.25, 0.3) is 0 Å². The van der Waals surface area contributed by atoms with Gasteiger partial charge in [0, 0.05) is 13.0 Å². The van der Waals surface area contributed by atoms with Crippen molar-refractivity contribution in [3.63, 3.8) is 0 Å². The van der Waals surface area contributed by atoms with Crippen LogP contribution in [0.15, 0.2) is 53.4 Å². The Hall–Kier alpha value is -2.38. The highest BCUT2D eigenvalue weighted by Gasteiger charge is 2.12. The molecule has 0 bridgehead atoms. The summed E-state index contributed by atoms with van der Waals surface area (Å²) >= 11 is 0. The van der Waals surface area contributed by atoms with E-state index in [4.69, 9.17) is 4.74 Å². The minimum absolute atomic E-state index is 0.0576. The molecular weight excluding hydrogens is 400 g/mol. The first-order chi connectivity index (χ1) is 14.3. The van der Waals surface area contributed by atoms with Gasteiger partial charge in [-0.15, -0.1) is 0 Å². The van der Waals surface area contributed by atoms with Crippen LogP contribution in [0.25, 0.3) is 0 Å². The first kappa shape index (κ1) is 23.9. The van der Waals surface area contributed by atoms with Crippen molar-refractivity contribution in [2.24, 2.45) is 0 Å². The fourth-order valence-corrected chi connectivity index (χ4v) is 4.08. The van der Waals surface area contributed by atoms with E-state index in [1.54, 1.807) is 30.3 Å². The fraction of sp³-hybridized carbons (Fsp3) is 0.435. The molecule has 0 aliphatic rings. The Balaban J connectivity index is 1.62. The Morgan fingerprint density at radius 3 is 2.47 bits per heavy atom. The highest BCUT2D eigenvalue weighted by atomic mass is 32.2. The van der Waals surface area contributed by atoms with Crippen molar-refractivity contribution >= 4 is 15.9 Å². The first-order valence-electron chi connectivity index (χ1n) is 10.3. The van der Waals surface area contributed by atoms with Gasteiger partial charge in [-0.05, 0) is 55.0 Å². The molecule has 30 heavy (non-hydrogen) atoms. The van der Waals surface area contributed by atoms with E-state index in [-0.39, 0.29) is 10.8 Å². The molecule has 7 heteroatoms. The quantitative estimate of drug-likeness (QED) is 0.500. The zero-order valence-corrected chi connectivity index (χ0v) is 18.8. The van der Waals surface area contributed by atoms with Crippen molar-refractivity contribution < 1.29 is 17.9 Å². The van der Waals surface area contributed by atoms with Crippen LogP contribution in [0.4, 0.5) is 0 Å². The van der Waals surface area contributed by atoms with E-state index in [2.05, 4.69) is 36.0 Å². The molecule has 0 aromatic heterocycles. The number of nitrogens with one attached hydrogen (secondary N) is 2. The Bertz CT molecular complexity index is 912. The summed E-state index contributed by atoms with van der Waals surface area (Å²) in [7, 11) is -3.48. The topological polar surface area (TPSA) is 84.5 Å². The molecule has 2 N–H and O–H groups in total. The van der Waals surface area contributed by atoms with Crippen LogP contribution < -0.4 is 14.8 Å². The number of benzene rings is 2. The largest absolute Gasteiger partial charge is 0.491 e. The Morgan fingerprint density at radius 2 is 1.77 bits per heavy atom. The summed E-state index contributed by atoms with van der Waals surface area (Å²) in [4.78, 5) is 12.2. The van der Waals surface area contributed by atoms with Gasteiger partial charge in [-0.2, -0.15) is 0 Å². The predicted octanol–water partition coefficient (Wildman–Crippen LogP) is 3.76. The molecule has 6 nitrogen and oxygen atoms in total. The van der Waals surface area contributed by atoms with Gasteiger partial charge in [0.2, 0.25) is 15.9 Å². The molecule has 0 radical (unpaired) electrons. The number of hydrogen-bond acceptors (Lipinski definition) is 4. The van der Waals surface area contributed by atoms with Crippen molar-refractivity contribution in [3.8, 4) is 5.75 Å². The fourth-order valence-electron chi connectivity index (χ4n) is 2.98. The number of ether oxygens (including phenoxy) is 1. The summed E-state index contributed by atoms with van der Waals surface area (Å²) in [6.07, 6.45) is 1.56. The Labute approximate surface area is 180 Å². The summed E-state index contributed by atoms with van der Waals surface area (Å²) in [5.41, 5.74) is 2.30. The maximum Gasteiger partial charge on any atom is 0.240 e. The minimum Gasteiger partial charge on any atom is -0.491 e.